The van der Waals surface area contributed by atoms with Gasteiger partial charge in [0, 0.05) is 98.5 Å². The lowest BCUT2D eigenvalue weighted by Gasteiger charge is -2.14. The van der Waals surface area contributed by atoms with Gasteiger partial charge in [-0.3, -0.25) is 0 Å². The van der Waals surface area contributed by atoms with Gasteiger partial charge < -0.3 is 27.4 Å². The van der Waals surface area contributed by atoms with Crippen LogP contribution < -0.4 is 0 Å². The maximum atomic E-state index is 2.43. The highest BCUT2D eigenvalue weighted by atomic mass is 15.0. The van der Waals surface area contributed by atoms with Gasteiger partial charge in [0.05, 0.1) is 77.6 Å². The summed E-state index contributed by atoms with van der Waals surface area (Å²) < 4.78 is 14.4. The van der Waals surface area contributed by atoms with Crippen molar-refractivity contribution < 1.29 is 0 Å². The first-order valence-electron chi connectivity index (χ1n) is 49.5. The van der Waals surface area contributed by atoms with Crippen LogP contribution >= 0.6 is 0 Å². The summed E-state index contributed by atoms with van der Waals surface area (Å²) >= 11 is 0. The molecule has 0 radical (unpaired) electrons. The number of aromatic nitrogens is 6. The number of para-hydroxylation sites is 10. The van der Waals surface area contributed by atoms with Crippen molar-refractivity contribution in [1.82, 2.24) is 27.4 Å². The average Bonchev–Trinajstić information content (AvgIpc) is 1.59. The molecule has 144 heavy (non-hydrogen) atoms. The molecule has 674 valence electrons. The number of benzene rings is 23. The van der Waals surface area contributed by atoms with E-state index >= 15 is 0 Å². The standard InChI is InChI=1S/C54H36N2.C48H32N2.C36H24N2/c1-3-14-37(15-4-1)40-18-13-19-41(34-40)38-26-30-44(31-27-38)55-51-24-11-8-21-46(51)48-35-42(28-32-53(48)55)43-29-33-54-49(36-43)47-22-9-12-25-52(47)56(54)50-23-10-7-20-45(50)39-16-5-2-6-17-39;1-3-13-33(14-4-1)34-23-27-38(28-24-34)49-45-21-11-8-18-40(45)42-31-36(25-29-47(42)49)37-26-30-48-43(32-37)41-19-9-12-22-46(41)50(48)44-20-10-7-17-39(44)35-15-5-2-6-16-35;1-3-11-27(12-4-1)37-33-17-9-7-15-29(33)31-21-19-25(23-35(31)37)26-20-22-32-30-16-8-10-18-34(30)38(36(32)24-26)28-13-5-2-6-14-28/h1-36H;1-32H;1-24H. The third-order valence-electron chi connectivity index (χ3n) is 29.2. The molecule has 6 aromatic heterocycles. The summed E-state index contributed by atoms with van der Waals surface area (Å²) in [6.45, 7) is 0. The molecule has 0 N–H and O–H groups in total. The van der Waals surface area contributed by atoms with E-state index in [9.17, 15) is 0 Å². The molecule has 0 bridgehead atoms. The summed E-state index contributed by atoms with van der Waals surface area (Å²) in [4.78, 5) is 0. The van der Waals surface area contributed by atoms with E-state index in [1.807, 2.05) is 0 Å². The van der Waals surface area contributed by atoms with Crippen LogP contribution in [0.1, 0.15) is 0 Å². The predicted molar refractivity (Wildman–Crippen MR) is 609 cm³/mol. The average molecular weight is 1830 g/mol. The van der Waals surface area contributed by atoms with Crippen LogP contribution in [-0.4, -0.2) is 27.4 Å². The quantitative estimate of drug-likeness (QED) is 0.104. The fourth-order valence-corrected chi connectivity index (χ4v) is 22.5. The van der Waals surface area contributed by atoms with Crippen LogP contribution in [-0.2, 0) is 0 Å². The molecule has 6 nitrogen and oxygen atoms in total. The highest BCUT2D eigenvalue weighted by Gasteiger charge is 2.24. The van der Waals surface area contributed by atoms with Crippen molar-refractivity contribution >= 4 is 131 Å². The van der Waals surface area contributed by atoms with Gasteiger partial charge in [-0.15, -0.1) is 0 Å². The molecule has 0 amide bonds. The number of rotatable bonds is 14. The Morgan fingerprint density at radius 1 is 0.0903 bits per heavy atom. The van der Waals surface area contributed by atoms with E-state index in [4.69, 9.17) is 0 Å². The van der Waals surface area contributed by atoms with Gasteiger partial charge in [-0.05, 0) is 242 Å². The van der Waals surface area contributed by atoms with Gasteiger partial charge in [-0.1, -0.05) is 394 Å². The second-order valence-electron chi connectivity index (χ2n) is 37.4. The minimum absolute atomic E-state index is 1.15. The third-order valence-corrected chi connectivity index (χ3v) is 29.2. The second-order valence-corrected chi connectivity index (χ2v) is 37.4. The summed E-state index contributed by atoms with van der Waals surface area (Å²) in [5, 5.41) is 15.1. The molecule has 0 saturated carbocycles. The molecule has 23 aromatic carbocycles. The van der Waals surface area contributed by atoms with Crippen molar-refractivity contribution in [2.75, 3.05) is 0 Å². The minimum atomic E-state index is 1.15. The highest BCUT2D eigenvalue weighted by Crippen LogP contribution is 2.47. The van der Waals surface area contributed by atoms with Crippen LogP contribution in [0.5, 0.6) is 0 Å². The van der Waals surface area contributed by atoms with Gasteiger partial charge in [-0.25, -0.2) is 0 Å². The zero-order valence-electron chi connectivity index (χ0n) is 78.8. The predicted octanol–water partition coefficient (Wildman–Crippen LogP) is 37.0. The fourth-order valence-electron chi connectivity index (χ4n) is 22.5. The fraction of sp³-hybridized carbons (Fsp3) is 0. The topological polar surface area (TPSA) is 29.6 Å². The molecule has 29 aromatic rings. The van der Waals surface area contributed by atoms with Gasteiger partial charge in [0.25, 0.3) is 0 Å². The van der Waals surface area contributed by atoms with E-state index in [2.05, 4.69) is 586 Å². The number of nitrogens with zero attached hydrogens (tertiary/aromatic N) is 6. The number of fused-ring (bicyclic) bond motifs is 18. The molecule has 0 aliphatic heterocycles. The Kier molecular flexibility index (Phi) is 20.9. The third kappa shape index (κ3) is 14.7. The van der Waals surface area contributed by atoms with Gasteiger partial charge >= 0.3 is 0 Å². The zero-order chi connectivity index (χ0) is 95.1. The first kappa shape index (κ1) is 84.2. The van der Waals surface area contributed by atoms with Gasteiger partial charge in [0.15, 0.2) is 0 Å². The smallest absolute Gasteiger partial charge is 0.0547 e. The van der Waals surface area contributed by atoms with E-state index in [0.29, 0.717) is 0 Å². The van der Waals surface area contributed by atoms with Crippen LogP contribution in [0.4, 0.5) is 0 Å². The SMILES string of the molecule is c1ccc(-c2ccc(-n3c4ccccc4c4cc(-c5ccc6c(c5)c5ccccc5n6-c5ccccc5-c5ccccc5)ccc43)cc2)cc1.c1ccc(-c2cccc(-c3ccc(-n4c5ccccc5c5cc(-c6ccc7c(c6)c6ccccc6n7-c6ccccc6-c6ccccc6)ccc54)cc3)c2)cc1.c1ccc(-n2c3ccccc3c3ccc(-c4ccc5c6ccccc6n(-c6ccccc6)c5c4)cc32)cc1. The lowest BCUT2D eigenvalue weighted by atomic mass is 9.99. The van der Waals surface area contributed by atoms with Crippen LogP contribution in [0.3, 0.4) is 0 Å². The molecule has 0 aliphatic carbocycles. The summed E-state index contributed by atoms with van der Waals surface area (Å²) in [5.74, 6) is 0. The Balaban J connectivity index is 0.000000109. The second kappa shape index (κ2) is 35.7. The monoisotopic (exact) mass is 1830 g/mol. The Labute approximate surface area is 833 Å². The Bertz CT molecular complexity index is 9820. The van der Waals surface area contributed by atoms with E-state index in [1.54, 1.807) is 0 Å². The van der Waals surface area contributed by atoms with E-state index < -0.39 is 0 Å². The summed E-state index contributed by atoms with van der Waals surface area (Å²) in [7, 11) is 0. The van der Waals surface area contributed by atoms with Crippen LogP contribution in [0.15, 0.2) is 558 Å². The molecule has 6 heterocycles. The van der Waals surface area contributed by atoms with Crippen LogP contribution in [0, 0.1) is 0 Å². The van der Waals surface area contributed by atoms with Crippen molar-refractivity contribution in [2.24, 2.45) is 0 Å². The van der Waals surface area contributed by atoms with Crippen LogP contribution in [0.2, 0.25) is 0 Å². The van der Waals surface area contributed by atoms with Gasteiger partial charge in [0.2, 0.25) is 0 Å². The van der Waals surface area contributed by atoms with Crippen molar-refractivity contribution in [3.63, 3.8) is 0 Å². The van der Waals surface area contributed by atoms with E-state index in [1.165, 1.54) is 243 Å². The highest BCUT2D eigenvalue weighted by molar-refractivity contribution is 6.17. The Morgan fingerprint density at radius 2 is 0.285 bits per heavy atom. The largest absolute Gasteiger partial charge is 0.309 e. The zero-order valence-corrected chi connectivity index (χ0v) is 78.8. The maximum absolute atomic E-state index is 2.43. The van der Waals surface area contributed by atoms with Crippen molar-refractivity contribution in [1.29, 1.82) is 0 Å². The molecule has 0 unspecified atom stereocenters. The molecule has 29 rings (SSSR count). The number of hydrogen-bond donors (Lipinski definition) is 0. The Hall–Kier alpha value is -19.1. The molecule has 0 fully saturated rings. The normalized spacial score (nSPS) is 11.6. The Morgan fingerprint density at radius 3 is 0.625 bits per heavy atom. The number of hydrogen-bond acceptors (Lipinski definition) is 0. The lowest BCUT2D eigenvalue weighted by Crippen LogP contribution is -1.97. The summed E-state index contributed by atoms with van der Waals surface area (Å²) in [5.41, 5.74) is 41.0. The van der Waals surface area contributed by atoms with E-state index in [0.717, 1.165) is 11.4 Å². The van der Waals surface area contributed by atoms with Gasteiger partial charge in [-0.2, -0.15) is 0 Å². The van der Waals surface area contributed by atoms with Crippen molar-refractivity contribution in [3.05, 3.63) is 558 Å². The molecule has 0 aliphatic rings. The summed E-state index contributed by atoms with van der Waals surface area (Å²) in [6.07, 6.45) is 0. The van der Waals surface area contributed by atoms with Crippen molar-refractivity contribution in [2.45, 2.75) is 0 Å². The first-order chi connectivity index (χ1) is 71.5. The maximum Gasteiger partial charge on any atom is 0.0547 e. The van der Waals surface area contributed by atoms with Crippen molar-refractivity contribution in [3.8, 4) is 123 Å². The van der Waals surface area contributed by atoms with E-state index in [-0.39, 0.29) is 0 Å². The molecular formula is C138H92N6. The van der Waals surface area contributed by atoms with Crippen LogP contribution in [0.25, 0.3) is 254 Å². The molecular weight excluding hydrogens is 1740 g/mol. The summed E-state index contributed by atoms with van der Waals surface area (Å²) in [6, 6.07) is 202. The first-order valence-corrected chi connectivity index (χ1v) is 49.5. The minimum Gasteiger partial charge on any atom is -0.309 e. The van der Waals surface area contributed by atoms with Gasteiger partial charge in [0.1, 0.15) is 0 Å². The lowest BCUT2D eigenvalue weighted by molar-refractivity contribution is 1.18. The molecule has 0 saturated heterocycles. The molecule has 0 atom stereocenters. The molecule has 0 spiro atoms. The molecule has 6 heteroatoms.